The predicted molar refractivity (Wildman–Crippen MR) is 255 cm³/mol. The number of carbonyl (C=O) groups is 6. The van der Waals surface area contributed by atoms with Crippen molar-refractivity contribution in [1.29, 1.82) is 0 Å². The molecule has 1 unspecified atom stereocenters. The number of Topliss-reactive ketones (excluding diaryl/α,β-unsaturated/α-hetero) is 1. The van der Waals surface area contributed by atoms with E-state index in [0.29, 0.717) is 105 Å². The summed E-state index contributed by atoms with van der Waals surface area (Å²) in [6.45, 7) is 6.63. The van der Waals surface area contributed by atoms with Crippen LogP contribution in [0.5, 0.6) is 0 Å². The third kappa shape index (κ3) is 11.9. The third-order valence-corrected chi connectivity index (χ3v) is 12.8. The Hall–Kier alpha value is -7.27. The molecule has 22 heteroatoms. The molecule has 20 nitrogen and oxygen atoms in total. The maximum atomic E-state index is 14.1. The molecule has 1 aliphatic carbocycles. The molecule has 6 heterocycles. The molecule has 2 saturated heterocycles. The van der Waals surface area contributed by atoms with Crippen LogP contribution in [0.2, 0.25) is 0 Å². The van der Waals surface area contributed by atoms with Crippen LogP contribution in [0.3, 0.4) is 0 Å². The lowest BCUT2D eigenvalue weighted by Gasteiger charge is -2.36. The van der Waals surface area contributed by atoms with Crippen LogP contribution < -0.4 is 20.9 Å². The molecule has 2 aromatic carbocycles. The number of ether oxygens (including phenoxy) is 3. The quantitative estimate of drug-likeness (QED) is 0.0411. The van der Waals surface area contributed by atoms with Gasteiger partial charge in [0.1, 0.15) is 18.1 Å². The Bertz CT molecular complexity index is 2790. The SMILES string of the molecule is O=C1CCC(N2C(=O)c3cccc(N4CCN(CCOCCOCCOCCCC(=O)c5ccc(-n6cc(NC(=O)c7coc(-c8ccnc(NCC9CC9)c8)n7)c(C(F)F)n6)cc5)CC4)c3C2=O)C(=O)N1. The molecule has 3 aliphatic heterocycles. The molecule has 378 valence electrons. The minimum Gasteiger partial charge on any atom is -0.444 e. The van der Waals surface area contributed by atoms with Crippen LogP contribution in [0.1, 0.15) is 92.2 Å². The number of rotatable bonds is 24. The van der Waals surface area contributed by atoms with Crippen molar-refractivity contribution < 1.29 is 56.2 Å². The second kappa shape index (κ2) is 22.9. The first kappa shape index (κ1) is 49.7. The number of anilines is 3. The first-order chi connectivity index (χ1) is 35.0. The van der Waals surface area contributed by atoms with Gasteiger partial charge in [0.05, 0.1) is 67.4 Å². The summed E-state index contributed by atoms with van der Waals surface area (Å²) in [4.78, 5) is 90.8. The minimum atomic E-state index is -2.99. The maximum Gasteiger partial charge on any atom is 0.284 e. The molecular weight excluding hydrogens is 939 g/mol. The Morgan fingerprint density at radius 1 is 0.875 bits per heavy atom. The lowest BCUT2D eigenvalue weighted by atomic mass is 10.0. The van der Waals surface area contributed by atoms with Gasteiger partial charge in [-0.3, -0.25) is 43.9 Å². The van der Waals surface area contributed by atoms with Crippen LogP contribution in [0, 0.1) is 5.92 Å². The molecule has 3 N–H and O–H groups in total. The zero-order valence-corrected chi connectivity index (χ0v) is 39.4. The van der Waals surface area contributed by atoms with E-state index in [-0.39, 0.29) is 47.9 Å². The highest BCUT2D eigenvalue weighted by atomic mass is 19.3. The van der Waals surface area contributed by atoms with Gasteiger partial charge < -0.3 is 34.2 Å². The largest absolute Gasteiger partial charge is 0.444 e. The first-order valence-corrected chi connectivity index (χ1v) is 24.0. The van der Waals surface area contributed by atoms with E-state index >= 15 is 0 Å². The molecule has 0 bridgehead atoms. The van der Waals surface area contributed by atoms with E-state index < -0.39 is 47.7 Å². The molecule has 3 fully saturated rings. The molecular formula is C50H54F2N10O10. The fourth-order valence-corrected chi connectivity index (χ4v) is 8.69. The molecule has 1 saturated carbocycles. The third-order valence-electron chi connectivity index (χ3n) is 12.8. The molecule has 4 aliphatic rings. The van der Waals surface area contributed by atoms with Crippen molar-refractivity contribution in [3.05, 3.63) is 101 Å². The van der Waals surface area contributed by atoms with Gasteiger partial charge in [-0.1, -0.05) is 6.07 Å². The predicted octanol–water partition coefficient (Wildman–Crippen LogP) is 5.17. The highest BCUT2D eigenvalue weighted by Gasteiger charge is 2.46. The van der Waals surface area contributed by atoms with E-state index in [4.69, 9.17) is 18.6 Å². The summed E-state index contributed by atoms with van der Waals surface area (Å²) in [6.07, 6.45) is 4.31. The topological polar surface area (TPSA) is 233 Å². The number of aromatic nitrogens is 4. The fraction of sp³-hybridized carbons (Fsp3) is 0.420. The monoisotopic (exact) mass is 992 g/mol. The molecule has 0 spiro atoms. The summed E-state index contributed by atoms with van der Waals surface area (Å²) in [5, 5.41) is 12.0. The van der Waals surface area contributed by atoms with Crippen molar-refractivity contribution in [3.8, 4) is 17.1 Å². The minimum absolute atomic E-state index is 0.0621. The number of piperazine rings is 1. The number of benzene rings is 2. The Kier molecular flexibility index (Phi) is 15.8. The summed E-state index contributed by atoms with van der Waals surface area (Å²) in [6, 6.07) is 14.0. The van der Waals surface area contributed by atoms with Gasteiger partial charge in [-0.2, -0.15) is 5.10 Å². The van der Waals surface area contributed by atoms with Crippen molar-refractivity contribution >= 4 is 52.5 Å². The van der Waals surface area contributed by atoms with E-state index in [2.05, 4.69) is 40.8 Å². The number of pyridine rings is 1. The Morgan fingerprint density at radius 2 is 1.62 bits per heavy atom. The van der Waals surface area contributed by atoms with Gasteiger partial charge in [0.2, 0.25) is 17.7 Å². The maximum absolute atomic E-state index is 14.1. The van der Waals surface area contributed by atoms with Crippen molar-refractivity contribution in [3.63, 3.8) is 0 Å². The lowest BCUT2D eigenvalue weighted by Crippen LogP contribution is -2.54. The average molecular weight is 993 g/mol. The average Bonchev–Trinajstić information content (AvgIpc) is 3.79. The number of imide groups is 2. The Morgan fingerprint density at radius 3 is 2.36 bits per heavy atom. The molecule has 9 rings (SSSR count). The second-order valence-electron chi connectivity index (χ2n) is 17.8. The zero-order valence-electron chi connectivity index (χ0n) is 39.4. The van der Waals surface area contributed by atoms with E-state index in [1.54, 1.807) is 54.7 Å². The number of ketones is 1. The van der Waals surface area contributed by atoms with Crippen molar-refractivity contribution in [2.75, 3.05) is 94.4 Å². The van der Waals surface area contributed by atoms with Crippen LogP contribution in [0.4, 0.5) is 26.0 Å². The Labute approximate surface area is 412 Å². The van der Waals surface area contributed by atoms with E-state index in [9.17, 15) is 37.5 Å². The highest BCUT2D eigenvalue weighted by molar-refractivity contribution is 6.25. The summed E-state index contributed by atoms with van der Waals surface area (Å²) < 4.78 is 51.9. The second-order valence-corrected chi connectivity index (χ2v) is 17.8. The van der Waals surface area contributed by atoms with Gasteiger partial charge in [0, 0.05) is 76.0 Å². The molecule has 1 atom stereocenters. The number of oxazole rings is 1. The van der Waals surface area contributed by atoms with Gasteiger partial charge in [-0.25, -0.2) is 23.4 Å². The summed E-state index contributed by atoms with van der Waals surface area (Å²) in [5.74, 6) is -1.48. The van der Waals surface area contributed by atoms with Crippen LogP contribution >= 0.6 is 0 Å². The summed E-state index contributed by atoms with van der Waals surface area (Å²) in [5.41, 5.74) is 1.72. The number of hydrogen-bond acceptors (Lipinski definition) is 16. The number of fused-ring (bicyclic) bond motifs is 1. The number of amides is 5. The van der Waals surface area contributed by atoms with Crippen molar-refractivity contribution in [2.45, 2.75) is 51.0 Å². The smallest absolute Gasteiger partial charge is 0.284 e. The number of piperidine rings is 1. The standard InChI is InChI=1S/C50H54F2N10O10/c51-45(52)44-36(55-46(65)37-30-72-48(56-37)33-14-15-53-41(27-33)54-28-31-6-7-31)29-61(58-44)34-10-8-32(9-11-34)40(63)5-2-21-69-23-25-71-26-24-70-22-20-59-16-18-60(19-17-59)38-4-1-3-35-43(38)50(68)62(49(35)67)39-12-13-42(64)57-47(39)66/h1,3-4,8-11,14-15,27,29-31,39,45H,2,5-7,12-13,16-26,28H2,(H,53,54)(H,55,65)(H,57,64,66). The molecule has 5 aromatic rings. The van der Waals surface area contributed by atoms with E-state index in [1.807, 2.05) is 6.07 Å². The number of halogens is 2. The normalized spacial score (nSPS) is 17.2. The van der Waals surface area contributed by atoms with Gasteiger partial charge in [-0.15, -0.1) is 0 Å². The fourth-order valence-electron chi connectivity index (χ4n) is 8.69. The molecule has 0 radical (unpaired) electrons. The van der Waals surface area contributed by atoms with E-state index in [1.165, 1.54) is 23.7 Å². The van der Waals surface area contributed by atoms with Crippen molar-refractivity contribution in [1.82, 2.24) is 34.9 Å². The molecule has 72 heavy (non-hydrogen) atoms. The van der Waals surface area contributed by atoms with Gasteiger partial charge >= 0.3 is 0 Å². The summed E-state index contributed by atoms with van der Waals surface area (Å²) >= 11 is 0. The summed E-state index contributed by atoms with van der Waals surface area (Å²) in [7, 11) is 0. The van der Waals surface area contributed by atoms with Gasteiger partial charge in [-0.05, 0) is 80.1 Å². The number of nitrogens with zero attached hydrogens (tertiary/aromatic N) is 7. The number of nitrogens with one attached hydrogen (secondary N) is 3. The Balaban J connectivity index is 0.627. The lowest BCUT2D eigenvalue weighted by molar-refractivity contribution is -0.136. The number of carbonyl (C=O) groups excluding carboxylic acids is 6. The van der Waals surface area contributed by atoms with Gasteiger partial charge in [0.25, 0.3) is 24.1 Å². The van der Waals surface area contributed by atoms with Crippen LogP contribution in [-0.2, 0) is 23.8 Å². The van der Waals surface area contributed by atoms with Crippen molar-refractivity contribution in [2.24, 2.45) is 5.92 Å². The zero-order chi connectivity index (χ0) is 50.1. The van der Waals surface area contributed by atoms with Crippen LogP contribution in [0.25, 0.3) is 17.1 Å². The molecule has 5 amide bonds. The van der Waals surface area contributed by atoms with Crippen LogP contribution in [0.15, 0.2) is 77.7 Å². The first-order valence-electron chi connectivity index (χ1n) is 24.0. The van der Waals surface area contributed by atoms with Crippen LogP contribution in [-0.4, -0.2) is 150 Å². The number of alkyl halides is 2. The molecule has 3 aromatic heterocycles. The number of hydrogen-bond donors (Lipinski definition) is 3. The van der Waals surface area contributed by atoms with E-state index in [0.717, 1.165) is 30.8 Å². The highest BCUT2D eigenvalue weighted by Crippen LogP contribution is 2.35. The van der Waals surface area contributed by atoms with Gasteiger partial charge in [0.15, 0.2) is 17.2 Å².